The number of rotatable bonds is 4. The number of hydrogen-bond donors (Lipinski definition) is 1. The van der Waals surface area contributed by atoms with Crippen LogP contribution < -0.4 is 16.6 Å². The van der Waals surface area contributed by atoms with Gasteiger partial charge >= 0.3 is 5.69 Å². The van der Waals surface area contributed by atoms with Crippen LogP contribution in [0.5, 0.6) is 0 Å². The quantitative estimate of drug-likeness (QED) is 0.414. The monoisotopic (exact) mass is 551 g/mol. The normalized spacial score (nSPS) is 20.5. The number of aromatic nitrogens is 6. The molecule has 0 unspecified atom stereocenters. The van der Waals surface area contributed by atoms with Crippen LogP contribution in [0.3, 0.4) is 0 Å². The predicted molar refractivity (Wildman–Crippen MR) is 147 cm³/mol. The second-order valence-electron chi connectivity index (χ2n) is 10.5. The molecule has 5 heterocycles. The third kappa shape index (κ3) is 4.64. The van der Waals surface area contributed by atoms with Crippen molar-refractivity contribution in [3.63, 3.8) is 0 Å². The van der Waals surface area contributed by atoms with Crippen LogP contribution in [0.25, 0.3) is 16.7 Å². The smallest absolute Gasteiger partial charge is 0.333 e. The number of amides is 1. The fraction of sp³-hybridized carbons (Fsp3) is 0.481. The van der Waals surface area contributed by atoms with Gasteiger partial charge in [-0.2, -0.15) is 16.9 Å². The first-order valence-corrected chi connectivity index (χ1v) is 14.5. The molecular weight excluding hydrogens is 521 g/mol. The summed E-state index contributed by atoms with van der Waals surface area (Å²) in [5.41, 5.74) is 2.07. The number of carbonyl (C=O) groups is 1. The molecule has 1 amide bonds. The van der Waals surface area contributed by atoms with Crippen LogP contribution >= 0.6 is 11.8 Å². The molecule has 1 aliphatic heterocycles. The minimum absolute atomic E-state index is 0.0746. The molecule has 4 aromatic rings. The summed E-state index contributed by atoms with van der Waals surface area (Å²) in [6.07, 6.45) is 6.54. The summed E-state index contributed by atoms with van der Waals surface area (Å²) in [6, 6.07) is 2.54. The molecule has 2 aliphatic rings. The molecule has 0 aromatic carbocycles. The minimum Gasteiger partial charge on any atom is -0.349 e. The van der Waals surface area contributed by atoms with Crippen LogP contribution in [-0.2, 0) is 0 Å². The summed E-state index contributed by atoms with van der Waals surface area (Å²) in [5.74, 6) is 1.02. The second-order valence-corrected chi connectivity index (χ2v) is 11.7. The van der Waals surface area contributed by atoms with Gasteiger partial charge in [-0.1, -0.05) is 0 Å². The van der Waals surface area contributed by atoms with E-state index in [-0.39, 0.29) is 40.8 Å². The maximum Gasteiger partial charge on any atom is 0.333 e. The largest absolute Gasteiger partial charge is 0.349 e. The molecule has 0 atom stereocenters. The van der Waals surface area contributed by atoms with Gasteiger partial charge in [-0.3, -0.25) is 18.7 Å². The van der Waals surface area contributed by atoms with Crippen molar-refractivity contribution in [2.75, 3.05) is 11.5 Å². The average Bonchev–Trinajstić information content (AvgIpc) is 3.32. The first-order chi connectivity index (χ1) is 18.8. The summed E-state index contributed by atoms with van der Waals surface area (Å²) in [4.78, 5) is 48.9. The minimum atomic E-state index is -0.602. The highest BCUT2D eigenvalue weighted by Crippen LogP contribution is 2.30. The van der Waals surface area contributed by atoms with E-state index in [1.807, 2.05) is 31.7 Å². The lowest BCUT2D eigenvalue weighted by atomic mass is 9.90. The molecule has 0 bridgehead atoms. The zero-order valence-corrected chi connectivity index (χ0v) is 22.7. The maximum atomic E-state index is 14.1. The van der Waals surface area contributed by atoms with Gasteiger partial charge in [0, 0.05) is 30.4 Å². The van der Waals surface area contributed by atoms with Crippen LogP contribution in [-0.4, -0.2) is 52.2 Å². The Morgan fingerprint density at radius 3 is 2.44 bits per heavy atom. The molecule has 39 heavy (non-hydrogen) atoms. The number of halogens is 1. The molecule has 1 aliphatic carbocycles. The third-order valence-corrected chi connectivity index (χ3v) is 9.02. The number of aryl methyl sites for hydroxylation is 2. The van der Waals surface area contributed by atoms with E-state index in [0.717, 1.165) is 36.2 Å². The van der Waals surface area contributed by atoms with Crippen molar-refractivity contribution in [2.45, 2.75) is 70.5 Å². The van der Waals surface area contributed by atoms with Crippen molar-refractivity contribution in [3.05, 3.63) is 68.1 Å². The SMILES string of the molecule is Cc1cc2ncc(C(=O)N[C@H]3CC[C@@H](n4c(=O)c5cc(F)cnc5n(C5CCSCC5)c4=O)CC3)c(C)n2n1. The van der Waals surface area contributed by atoms with Gasteiger partial charge < -0.3 is 5.32 Å². The Hall–Kier alpha value is -3.54. The van der Waals surface area contributed by atoms with E-state index < -0.39 is 11.4 Å². The highest BCUT2D eigenvalue weighted by atomic mass is 32.2. The van der Waals surface area contributed by atoms with Gasteiger partial charge in [0.2, 0.25) is 0 Å². The number of pyridine rings is 1. The van der Waals surface area contributed by atoms with Gasteiger partial charge in [0.15, 0.2) is 5.65 Å². The molecular formula is C27H30FN7O3S. The highest BCUT2D eigenvalue weighted by molar-refractivity contribution is 7.99. The van der Waals surface area contributed by atoms with Crippen molar-refractivity contribution < 1.29 is 9.18 Å². The Balaban J connectivity index is 1.25. The van der Waals surface area contributed by atoms with Gasteiger partial charge in [-0.15, -0.1) is 0 Å². The van der Waals surface area contributed by atoms with E-state index in [2.05, 4.69) is 20.4 Å². The fourth-order valence-corrected chi connectivity index (χ4v) is 7.01. The Labute approximate surface area is 227 Å². The average molecular weight is 552 g/mol. The van der Waals surface area contributed by atoms with Gasteiger partial charge in [0.25, 0.3) is 11.5 Å². The Morgan fingerprint density at radius 2 is 1.69 bits per heavy atom. The first kappa shape index (κ1) is 25.7. The van der Waals surface area contributed by atoms with Crippen molar-refractivity contribution in [2.24, 2.45) is 0 Å². The molecule has 204 valence electrons. The van der Waals surface area contributed by atoms with E-state index in [0.29, 0.717) is 42.6 Å². The standard InChI is InChI=1S/C27H30FN7O3S/c1-15-11-23-29-14-22(16(2)35(23)32-15)25(36)31-18-3-5-19(6-4-18)34-26(37)21-12-17(28)13-30-24(21)33(27(34)38)20-7-9-39-10-8-20/h11-14,18-20H,3-10H2,1-2H3,(H,31,36)/t18-,19+. The van der Waals surface area contributed by atoms with E-state index in [1.165, 1.54) is 10.6 Å². The highest BCUT2D eigenvalue weighted by Gasteiger charge is 2.30. The Morgan fingerprint density at radius 1 is 0.974 bits per heavy atom. The summed E-state index contributed by atoms with van der Waals surface area (Å²) in [6.45, 7) is 3.72. The van der Waals surface area contributed by atoms with E-state index >= 15 is 0 Å². The Kier molecular flexibility index (Phi) is 6.74. The molecule has 6 rings (SSSR count). The number of hydrogen-bond acceptors (Lipinski definition) is 7. The molecule has 0 radical (unpaired) electrons. The second kappa shape index (κ2) is 10.2. The zero-order chi connectivity index (χ0) is 27.3. The summed E-state index contributed by atoms with van der Waals surface area (Å²) >= 11 is 1.84. The van der Waals surface area contributed by atoms with Gasteiger partial charge in [0.05, 0.1) is 28.5 Å². The van der Waals surface area contributed by atoms with E-state index in [1.54, 1.807) is 15.3 Å². The lowest BCUT2D eigenvalue weighted by molar-refractivity contribution is 0.0920. The lowest BCUT2D eigenvalue weighted by Crippen LogP contribution is -2.46. The van der Waals surface area contributed by atoms with Crippen LogP contribution in [0.15, 0.2) is 34.1 Å². The number of fused-ring (bicyclic) bond motifs is 2. The van der Waals surface area contributed by atoms with E-state index in [4.69, 9.17) is 0 Å². The lowest BCUT2D eigenvalue weighted by Gasteiger charge is -2.31. The Bertz CT molecular complexity index is 1700. The molecule has 10 nitrogen and oxygen atoms in total. The number of carbonyl (C=O) groups excluding carboxylic acids is 1. The van der Waals surface area contributed by atoms with Gasteiger partial charge in [0.1, 0.15) is 11.5 Å². The van der Waals surface area contributed by atoms with Crippen molar-refractivity contribution in [1.29, 1.82) is 0 Å². The maximum absolute atomic E-state index is 14.1. The van der Waals surface area contributed by atoms with Crippen molar-refractivity contribution >= 4 is 34.3 Å². The molecule has 4 aromatic heterocycles. The van der Waals surface area contributed by atoms with Crippen molar-refractivity contribution in [3.8, 4) is 0 Å². The van der Waals surface area contributed by atoms with Crippen LogP contribution in [0.2, 0.25) is 0 Å². The van der Waals surface area contributed by atoms with Crippen molar-refractivity contribution in [1.82, 2.24) is 34.0 Å². The van der Waals surface area contributed by atoms with E-state index in [9.17, 15) is 18.8 Å². The third-order valence-electron chi connectivity index (χ3n) is 7.97. The summed E-state index contributed by atoms with van der Waals surface area (Å²) in [5, 5.41) is 7.64. The topological polar surface area (TPSA) is 116 Å². The summed E-state index contributed by atoms with van der Waals surface area (Å²) in [7, 11) is 0. The van der Waals surface area contributed by atoms with Crippen LogP contribution in [0, 0.1) is 19.7 Å². The molecule has 2 fully saturated rings. The molecule has 1 saturated carbocycles. The molecule has 1 N–H and O–H groups in total. The van der Waals surface area contributed by atoms with Crippen LogP contribution in [0.4, 0.5) is 4.39 Å². The summed E-state index contributed by atoms with van der Waals surface area (Å²) < 4.78 is 18.7. The van der Waals surface area contributed by atoms with Crippen LogP contribution in [0.1, 0.15) is 72.4 Å². The molecule has 1 saturated heterocycles. The van der Waals surface area contributed by atoms with Gasteiger partial charge in [-0.05, 0) is 69.9 Å². The van der Waals surface area contributed by atoms with Gasteiger partial charge in [-0.25, -0.2) is 23.7 Å². The first-order valence-electron chi connectivity index (χ1n) is 13.3. The molecule has 12 heteroatoms. The zero-order valence-electron chi connectivity index (χ0n) is 21.9. The number of nitrogens with zero attached hydrogens (tertiary/aromatic N) is 6. The molecule has 0 spiro atoms. The predicted octanol–water partition coefficient (Wildman–Crippen LogP) is 3.34. The fourth-order valence-electron chi connectivity index (χ4n) is 5.93. The number of nitrogens with one attached hydrogen (secondary N) is 1. The number of thioether (sulfide) groups is 1.